The van der Waals surface area contributed by atoms with Gasteiger partial charge in [-0.05, 0) is 79.9 Å². The topological polar surface area (TPSA) is 114 Å². The van der Waals surface area contributed by atoms with E-state index in [1.807, 2.05) is 51.1 Å². The van der Waals surface area contributed by atoms with Crippen molar-refractivity contribution >= 4 is 0 Å². The number of rotatable bonds is 4. The van der Waals surface area contributed by atoms with Crippen LogP contribution >= 0.6 is 0 Å². The first-order valence-electron chi connectivity index (χ1n) is 9.26. The molecule has 6 heteroatoms. The van der Waals surface area contributed by atoms with Gasteiger partial charge >= 0.3 is 0 Å². The van der Waals surface area contributed by atoms with Crippen molar-refractivity contribution < 1.29 is 9.47 Å². The van der Waals surface area contributed by atoms with E-state index in [2.05, 4.69) is 0 Å². The lowest BCUT2D eigenvalue weighted by Crippen LogP contribution is -1.98. The van der Waals surface area contributed by atoms with Gasteiger partial charge in [-0.3, -0.25) is 0 Å². The molecule has 0 saturated heterocycles. The Morgan fingerprint density at radius 2 is 1.06 bits per heavy atom. The normalized spacial score (nSPS) is 9.65. The van der Waals surface area contributed by atoms with E-state index in [0.717, 1.165) is 16.7 Å². The van der Waals surface area contributed by atoms with Gasteiger partial charge < -0.3 is 9.47 Å². The molecule has 6 nitrogen and oxygen atoms in total. The molecule has 3 aromatic rings. The Morgan fingerprint density at radius 1 is 0.581 bits per heavy atom. The molecule has 0 radical (unpaired) electrons. The summed E-state index contributed by atoms with van der Waals surface area (Å²) in [6, 6.07) is 19.3. The van der Waals surface area contributed by atoms with Crippen molar-refractivity contribution in [3.63, 3.8) is 0 Å². The zero-order valence-electron chi connectivity index (χ0n) is 17.1. The minimum absolute atomic E-state index is 0.250. The Morgan fingerprint density at radius 3 is 1.55 bits per heavy atom. The van der Waals surface area contributed by atoms with Gasteiger partial charge in [-0.15, -0.1) is 0 Å². The molecule has 0 N–H and O–H groups in total. The molecule has 0 atom stereocenters. The van der Waals surface area contributed by atoms with E-state index < -0.39 is 0 Å². The highest BCUT2D eigenvalue weighted by molar-refractivity contribution is 5.57. The molecule has 0 spiro atoms. The van der Waals surface area contributed by atoms with Crippen molar-refractivity contribution in [2.45, 2.75) is 20.8 Å². The molecule has 31 heavy (non-hydrogen) atoms. The summed E-state index contributed by atoms with van der Waals surface area (Å²) in [7, 11) is 0. The van der Waals surface area contributed by atoms with Crippen molar-refractivity contribution in [1.29, 1.82) is 21.0 Å². The van der Waals surface area contributed by atoms with E-state index in [4.69, 9.17) is 20.0 Å². The molecule has 0 aliphatic carbocycles. The molecule has 0 unspecified atom stereocenters. The molecule has 0 aliphatic heterocycles. The fourth-order valence-electron chi connectivity index (χ4n) is 3.08. The Balaban J connectivity index is 1.95. The third-order valence-electron chi connectivity index (χ3n) is 4.89. The van der Waals surface area contributed by atoms with Gasteiger partial charge in [0.25, 0.3) is 0 Å². The maximum atomic E-state index is 9.23. The number of hydrogen-bond acceptors (Lipinski definition) is 6. The van der Waals surface area contributed by atoms with Crippen LogP contribution in [0.25, 0.3) is 0 Å². The molecular formula is C25H16N4O2. The Bertz CT molecular complexity index is 1360. The number of benzene rings is 3. The van der Waals surface area contributed by atoms with E-state index in [-0.39, 0.29) is 11.1 Å². The second-order valence-corrected chi connectivity index (χ2v) is 6.84. The highest BCUT2D eigenvalue weighted by Crippen LogP contribution is 2.38. The summed E-state index contributed by atoms with van der Waals surface area (Å²) in [5.41, 5.74) is 3.60. The van der Waals surface area contributed by atoms with E-state index in [0.29, 0.717) is 34.1 Å². The van der Waals surface area contributed by atoms with Gasteiger partial charge in [0.2, 0.25) is 0 Å². The van der Waals surface area contributed by atoms with Gasteiger partial charge in [0.05, 0.1) is 22.3 Å². The van der Waals surface area contributed by atoms with Gasteiger partial charge in [-0.2, -0.15) is 21.0 Å². The monoisotopic (exact) mass is 404 g/mol. The number of hydrogen-bond donors (Lipinski definition) is 0. The van der Waals surface area contributed by atoms with Crippen LogP contribution in [0.4, 0.5) is 0 Å². The van der Waals surface area contributed by atoms with Crippen LogP contribution in [0.5, 0.6) is 23.0 Å². The molecule has 0 heterocycles. The summed E-state index contributed by atoms with van der Waals surface area (Å²) in [5, 5.41) is 36.6. The quantitative estimate of drug-likeness (QED) is 0.552. The molecule has 0 aliphatic rings. The SMILES string of the molecule is Cc1cc(Oc2ccc(C#N)c(C#N)c2)c(C)c(C)c1Oc1ccc(C#N)c(C#N)c1. The molecule has 3 rings (SSSR count). The largest absolute Gasteiger partial charge is 0.457 e. The van der Waals surface area contributed by atoms with Crippen LogP contribution < -0.4 is 9.47 Å². The predicted molar refractivity (Wildman–Crippen MR) is 113 cm³/mol. The number of aryl methyl sites for hydroxylation is 1. The van der Waals surface area contributed by atoms with E-state index in [1.165, 1.54) is 12.1 Å². The van der Waals surface area contributed by atoms with Gasteiger partial charge in [0.15, 0.2) is 0 Å². The second kappa shape index (κ2) is 8.71. The first-order chi connectivity index (χ1) is 14.9. The van der Waals surface area contributed by atoms with Crippen molar-refractivity contribution in [1.82, 2.24) is 0 Å². The maximum Gasteiger partial charge on any atom is 0.133 e. The third-order valence-corrected chi connectivity index (χ3v) is 4.89. The lowest BCUT2D eigenvalue weighted by atomic mass is 10.0. The van der Waals surface area contributed by atoms with Crippen LogP contribution in [-0.2, 0) is 0 Å². The van der Waals surface area contributed by atoms with Gasteiger partial charge in [0.1, 0.15) is 47.3 Å². The van der Waals surface area contributed by atoms with E-state index >= 15 is 0 Å². The fourth-order valence-corrected chi connectivity index (χ4v) is 3.08. The van der Waals surface area contributed by atoms with Crippen molar-refractivity contribution in [2.75, 3.05) is 0 Å². The van der Waals surface area contributed by atoms with Crippen LogP contribution in [0.1, 0.15) is 38.9 Å². The Hall–Kier alpha value is -4.78. The molecule has 0 bridgehead atoms. The summed E-state index contributed by atoms with van der Waals surface area (Å²) in [6.07, 6.45) is 0. The lowest BCUT2D eigenvalue weighted by molar-refractivity contribution is 0.459. The summed E-state index contributed by atoms with van der Waals surface area (Å²) < 4.78 is 12.0. The summed E-state index contributed by atoms with van der Waals surface area (Å²) in [4.78, 5) is 0. The zero-order chi connectivity index (χ0) is 22.5. The van der Waals surface area contributed by atoms with Crippen molar-refractivity contribution in [3.05, 3.63) is 81.4 Å². The smallest absolute Gasteiger partial charge is 0.133 e. The van der Waals surface area contributed by atoms with Crippen LogP contribution in [0, 0.1) is 66.1 Å². The molecule has 0 amide bonds. The fraction of sp³-hybridized carbons (Fsp3) is 0.120. The van der Waals surface area contributed by atoms with Crippen LogP contribution in [0.15, 0.2) is 42.5 Å². The van der Waals surface area contributed by atoms with E-state index in [9.17, 15) is 10.5 Å². The molecule has 0 fully saturated rings. The standard InChI is InChI=1S/C25H16N4O2/c1-15-8-24(30-22-6-4-18(11-26)20(9-22)13-28)16(2)17(3)25(15)31-23-7-5-19(12-27)21(10-23)14-29/h4-10H,1-3H3. The average Bonchev–Trinajstić information content (AvgIpc) is 2.79. The summed E-state index contributed by atoms with van der Waals surface area (Å²) >= 11 is 0. The average molecular weight is 404 g/mol. The first kappa shape index (κ1) is 20.9. The number of nitrogens with zero attached hydrogens (tertiary/aromatic N) is 4. The summed E-state index contributed by atoms with van der Waals surface area (Å²) in [5.74, 6) is 2.15. The highest BCUT2D eigenvalue weighted by Gasteiger charge is 2.15. The van der Waals surface area contributed by atoms with Crippen molar-refractivity contribution in [2.24, 2.45) is 0 Å². The van der Waals surface area contributed by atoms with Gasteiger partial charge in [0, 0.05) is 0 Å². The predicted octanol–water partition coefficient (Wildman–Crippen LogP) is 5.68. The van der Waals surface area contributed by atoms with Gasteiger partial charge in [-0.25, -0.2) is 0 Å². The zero-order valence-corrected chi connectivity index (χ0v) is 17.1. The molecule has 148 valence electrons. The van der Waals surface area contributed by atoms with Crippen LogP contribution in [0.2, 0.25) is 0 Å². The second-order valence-electron chi connectivity index (χ2n) is 6.84. The first-order valence-corrected chi connectivity index (χ1v) is 9.26. The lowest BCUT2D eigenvalue weighted by Gasteiger charge is -2.18. The van der Waals surface area contributed by atoms with Crippen LogP contribution in [0.3, 0.4) is 0 Å². The summed E-state index contributed by atoms with van der Waals surface area (Å²) in [6.45, 7) is 5.67. The van der Waals surface area contributed by atoms with E-state index in [1.54, 1.807) is 24.3 Å². The Labute approximate surface area is 180 Å². The molecule has 0 aromatic heterocycles. The number of nitriles is 4. The third kappa shape index (κ3) is 4.15. The molecule has 0 saturated carbocycles. The number of ether oxygens (including phenoxy) is 2. The highest BCUT2D eigenvalue weighted by atomic mass is 16.5. The molecular weight excluding hydrogens is 388 g/mol. The maximum absolute atomic E-state index is 9.23. The Kier molecular flexibility index (Phi) is 5.88. The minimum atomic E-state index is 0.250. The van der Waals surface area contributed by atoms with Gasteiger partial charge in [-0.1, -0.05) is 0 Å². The minimum Gasteiger partial charge on any atom is -0.457 e. The molecule has 3 aromatic carbocycles. The van der Waals surface area contributed by atoms with Crippen LogP contribution in [-0.4, -0.2) is 0 Å². The van der Waals surface area contributed by atoms with Crippen molar-refractivity contribution in [3.8, 4) is 47.3 Å².